The molecule has 2 aliphatic rings. The van der Waals surface area contributed by atoms with E-state index in [0.29, 0.717) is 39.1 Å². The van der Waals surface area contributed by atoms with Crippen LogP contribution in [0, 0.1) is 0 Å². The average molecular weight is 536 g/mol. The first-order valence-corrected chi connectivity index (χ1v) is 13.2. The Morgan fingerprint density at radius 1 is 0.897 bits per heavy atom. The topological polar surface area (TPSA) is 136 Å². The van der Waals surface area contributed by atoms with Crippen molar-refractivity contribution in [1.82, 2.24) is 29.9 Å². The van der Waals surface area contributed by atoms with Crippen LogP contribution in [-0.4, -0.2) is 111 Å². The van der Waals surface area contributed by atoms with Crippen LogP contribution in [0.5, 0.6) is 0 Å². The molecule has 2 aromatic heterocycles. The molecule has 0 radical (unpaired) electrons. The summed E-state index contributed by atoms with van der Waals surface area (Å²) in [6, 6.07) is 6.50. The van der Waals surface area contributed by atoms with Crippen LogP contribution in [0.1, 0.15) is 25.0 Å². The molecule has 2 saturated heterocycles. The van der Waals surface area contributed by atoms with Crippen molar-refractivity contribution in [2.45, 2.75) is 45.6 Å². The lowest BCUT2D eigenvalue weighted by Crippen LogP contribution is -2.60. The maximum Gasteiger partial charge on any atom is 0.376 e. The van der Waals surface area contributed by atoms with E-state index in [-0.39, 0.29) is 35.8 Å². The first kappa shape index (κ1) is 30.1. The largest absolute Gasteiger partial charge is 0.437 e. The molecule has 2 amide bonds. The quantitative estimate of drug-likeness (QED) is 0.463. The van der Waals surface area contributed by atoms with Crippen LogP contribution in [0.2, 0.25) is 6.82 Å². The zero-order valence-electron chi connectivity index (χ0n) is 22.8. The summed E-state index contributed by atoms with van der Waals surface area (Å²) < 4.78 is 0. The van der Waals surface area contributed by atoms with Crippen LogP contribution in [0.25, 0.3) is 0 Å². The Bertz CT molecular complexity index is 1120. The fourth-order valence-corrected chi connectivity index (χ4v) is 4.71. The minimum Gasteiger partial charge on any atom is -0.437 e. The number of rotatable bonds is 7. The number of hydrogen-bond acceptors (Lipinski definition) is 9. The van der Waals surface area contributed by atoms with Gasteiger partial charge in [0.15, 0.2) is 11.6 Å². The third-order valence-electron chi connectivity index (χ3n) is 6.92. The third kappa shape index (κ3) is 8.77. The van der Waals surface area contributed by atoms with Crippen LogP contribution in [0.15, 0.2) is 49.1 Å². The molecule has 4 rings (SSSR count). The number of hydrogen-bond donors (Lipinski definition) is 2. The summed E-state index contributed by atoms with van der Waals surface area (Å²) in [5.74, 6) is -0.111. The predicted molar refractivity (Wildman–Crippen MR) is 147 cm³/mol. The highest BCUT2D eigenvalue weighted by molar-refractivity contribution is 6.45. The van der Waals surface area contributed by atoms with Crippen molar-refractivity contribution in [3.05, 3.63) is 60.2 Å². The van der Waals surface area contributed by atoms with E-state index >= 15 is 0 Å². The van der Waals surface area contributed by atoms with E-state index in [4.69, 9.17) is 0 Å². The number of aromatic nitrogens is 2. The molecule has 2 aliphatic heterocycles. The Kier molecular flexibility index (Phi) is 11.3. The smallest absolute Gasteiger partial charge is 0.376 e. The molecule has 2 atom stereocenters. The van der Waals surface area contributed by atoms with E-state index < -0.39 is 13.1 Å². The Morgan fingerprint density at radius 3 is 1.90 bits per heavy atom. The lowest BCUT2D eigenvalue weighted by Gasteiger charge is -2.40. The predicted octanol–water partition coefficient (Wildman–Crippen LogP) is -0.150. The molecule has 39 heavy (non-hydrogen) atoms. The Balaban J connectivity index is 0.000000218. The van der Waals surface area contributed by atoms with E-state index in [1.165, 1.54) is 13.8 Å². The molecule has 0 saturated carbocycles. The summed E-state index contributed by atoms with van der Waals surface area (Å²) in [4.78, 5) is 61.0. The Hall–Kier alpha value is -3.48. The molecule has 4 heterocycles. The van der Waals surface area contributed by atoms with E-state index in [1.54, 1.807) is 52.3 Å². The number of piperazine rings is 2. The van der Waals surface area contributed by atoms with Gasteiger partial charge in [-0.3, -0.25) is 29.1 Å². The number of nitrogens with one attached hydrogen (secondary N) is 1. The molecule has 11 nitrogen and oxygen atoms in total. The second-order valence-electron chi connectivity index (χ2n) is 9.83. The lowest BCUT2D eigenvalue weighted by molar-refractivity contribution is -0.140. The molecule has 0 bridgehead atoms. The number of Topliss-reactive ketones (excluding diaryl/α,β-unsaturated/α-hetero) is 2. The first-order chi connectivity index (χ1) is 18.7. The van der Waals surface area contributed by atoms with E-state index in [9.17, 15) is 24.2 Å². The molecule has 0 aliphatic carbocycles. The molecule has 208 valence electrons. The highest BCUT2D eigenvalue weighted by Crippen LogP contribution is 2.14. The van der Waals surface area contributed by atoms with Crippen LogP contribution < -0.4 is 5.32 Å². The number of pyridine rings is 2. The van der Waals surface area contributed by atoms with Crippen molar-refractivity contribution in [2.75, 3.05) is 39.3 Å². The average Bonchev–Trinajstić information content (AvgIpc) is 2.94. The van der Waals surface area contributed by atoms with Gasteiger partial charge in [0.1, 0.15) is 12.1 Å². The number of nitrogens with zero attached hydrogens (tertiary/aromatic N) is 5. The zero-order chi connectivity index (χ0) is 28.4. The Morgan fingerprint density at radius 2 is 1.44 bits per heavy atom. The number of carbonyl (C=O) groups excluding carboxylic acids is 4. The van der Waals surface area contributed by atoms with Gasteiger partial charge in [-0.25, -0.2) is 0 Å². The standard InChI is InChI=1S/C14H20BN3O3.C13H17N3O2/c1-11(19)13-10-17(15(2)21)6-7-18(13)14(20)8-12-4-3-5-16-9-12;1-10(17)12-9-15-5-6-16(12)13(18)7-11-3-2-4-14-8-11/h3-5,9,13,21H,6-8,10H2,1-2H3;2-4,8,12,15H,5-7,9H2,1H3. The molecule has 2 aromatic rings. The monoisotopic (exact) mass is 536 g/mol. The van der Waals surface area contributed by atoms with Crippen LogP contribution in [-0.2, 0) is 32.0 Å². The molecule has 0 aromatic carbocycles. The van der Waals surface area contributed by atoms with Crippen molar-refractivity contribution in [3.63, 3.8) is 0 Å². The van der Waals surface area contributed by atoms with Crippen molar-refractivity contribution >= 4 is 30.4 Å². The summed E-state index contributed by atoms with van der Waals surface area (Å²) >= 11 is 0. The minimum atomic E-state index is -0.609. The van der Waals surface area contributed by atoms with E-state index in [1.807, 2.05) is 18.2 Å². The van der Waals surface area contributed by atoms with Crippen LogP contribution >= 0.6 is 0 Å². The lowest BCUT2D eigenvalue weighted by atomic mass is 9.83. The van der Waals surface area contributed by atoms with Crippen molar-refractivity contribution < 1.29 is 24.2 Å². The minimum absolute atomic E-state index is 0.00954. The van der Waals surface area contributed by atoms with Gasteiger partial charge in [-0.05, 0) is 43.9 Å². The summed E-state index contributed by atoms with van der Waals surface area (Å²) in [7, 11) is -0.609. The third-order valence-corrected chi connectivity index (χ3v) is 6.92. The highest BCUT2D eigenvalue weighted by atomic mass is 16.2. The fourth-order valence-electron chi connectivity index (χ4n) is 4.71. The molecule has 2 N–H and O–H groups in total. The van der Waals surface area contributed by atoms with Gasteiger partial charge in [0.2, 0.25) is 11.8 Å². The van der Waals surface area contributed by atoms with Gasteiger partial charge in [-0.15, -0.1) is 0 Å². The maximum atomic E-state index is 12.4. The number of ketones is 2. The van der Waals surface area contributed by atoms with Crippen molar-refractivity contribution in [2.24, 2.45) is 0 Å². The summed E-state index contributed by atoms with van der Waals surface area (Å²) in [5.41, 5.74) is 1.71. The van der Waals surface area contributed by atoms with Crippen LogP contribution in [0.4, 0.5) is 0 Å². The van der Waals surface area contributed by atoms with Crippen molar-refractivity contribution in [1.29, 1.82) is 0 Å². The summed E-state index contributed by atoms with van der Waals surface area (Å²) in [6.07, 6.45) is 7.23. The van der Waals surface area contributed by atoms with Gasteiger partial charge in [-0.1, -0.05) is 12.1 Å². The first-order valence-electron chi connectivity index (χ1n) is 13.2. The van der Waals surface area contributed by atoms with Gasteiger partial charge in [0.05, 0.1) is 12.8 Å². The molecule has 12 heteroatoms. The number of amides is 2. The highest BCUT2D eigenvalue weighted by Gasteiger charge is 2.35. The normalized spacial score (nSPS) is 19.5. The molecule has 2 fully saturated rings. The van der Waals surface area contributed by atoms with Crippen LogP contribution in [0.3, 0.4) is 0 Å². The molecular formula is C27H37BN6O5. The maximum absolute atomic E-state index is 12.4. The van der Waals surface area contributed by atoms with Gasteiger partial charge in [-0.2, -0.15) is 0 Å². The number of carbonyl (C=O) groups is 4. The second-order valence-corrected chi connectivity index (χ2v) is 9.83. The van der Waals surface area contributed by atoms with Gasteiger partial charge >= 0.3 is 7.05 Å². The summed E-state index contributed by atoms with van der Waals surface area (Å²) in [5, 5.41) is 12.8. The fraction of sp³-hybridized carbons (Fsp3) is 0.481. The second kappa shape index (κ2) is 14.6. The van der Waals surface area contributed by atoms with Gasteiger partial charge in [0.25, 0.3) is 0 Å². The van der Waals surface area contributed by atoms with Crippen molar-refractivity contribution in [3.8, 4) is 0 Å². The molecule has 0 spiro atoms. The van der Waals surface area contributed by atoms with Gasteiger partial charge in [0, 0.05) is 64.1 Å². The summed E-state index contributed by atoms with van der Waals surface area (Å²) in [6.45, 7) is 7.97. The van der Waals surface area contributed by atoms with E-state index in [2.05, 4.69) is 15.3 Å². The van der Waals surface area contributed by atoms with E-state index in [0.717, 1.165) is 17.7 Å². The molecular weight excluding hydrogens is 499 g/mol. The zero-order valence-corrected chi connectivity index (χ0v) is 22.8. The van der Waals surface area contributed by atoms with Gasteiger partial charge < -0.3 is 25.0 Å². The Labute approximate surface area is 229 Å². The SMILES string of the molecule is CB(O)N1CCN(C(=O)Cc2cccnc2)C(C(C)=O)C1.CC(=O)C1CNCCN1C(=O)Cc1cccnc1. The molecule has 2 unspecified atom stereocenters.